The molecular weight excluding hydrogens is 304 g/mol. The van der Waals surface area contributed by atoms with Gasteiger partial charge in [0.1, 0.15) is 9.75 Å². The van der Waals surface area contributed by atoms with E-state index < -0.39 is 11.9 Å². The fourth-order valence-electron chi connectivity index (χ4n) is 0.568. The quantitative estimate of drug-likeness (QED) is 0.780. The van der Waals surface area contributed by atoms with Crippen LogP contribution in [0.15, 0.2) is 12.1 Å². The second-order valence-corrected chi connectivity index (χ2v) is 2.86. The molecule has 13 heavy (non-hydrogen) atoms. The van der Waals surface area contributed by atoms with Crippen LogP contribution in [-0.4, -0.2) is 51.7 Å². The van der Waals surface area contributed by atoms with Gasteiger partial charge in [0.2, 0.25) is 0 Å². The summed E-state index contributed by atoms with van der Waals surface area (Å²) in [7, 11) is 0. The molecule has 7 heteroatoms. The van der Waals surface area contributed by atoms with Crippen molar-refractivity contribution in [1.29, 1.82) is 0 Å². The van der Waals surface area contributed by atoms with Gasteiger partial charge >= 0.3 is 41.5 Å². The minimum atomic E-state index is -1.09. The number of carboxylic acid groups (broad SMARTS) is 2. The van der Waals surface area contributed by atoms with Crippen LogP contribution >= 0.6 is 11.3 Å². The summed E-state index contributed by atoms with van der Waals surface area (Å²) >= 11 is 0.750. The third-order valence-corrected chi connectivity index (χ3v) is 2.09. The summed E-state index contributed by atoms with van der Waals surface area (Å²) in [6.07, 6.45) is 0. The fourth-order valence-corrected chi connectivity index (χ4v) is 1.25. The zero-order valence-corrected chi connectivity index (χ0v) is 10.8. The first-order chi connectivity index (χ1) is 5.11. The van der Waals surface area contributed by atoms with Gasteiger partial charge in [0, 0.05) is 27.3 Å². The van der Waals surface area contributed by atoms with E-state index in [1.165, 1.54) is 12.1 Å². The Morgan fingerprint density at radius 3 is 1.54 bits per heavy atom. The van der Waals surface area contributed by atoms with Crippen molar-refractivity contribution in [3.8, 4) is 0 Å². The molecule has 0 aliphatic rings. The molecule has 0 aromatic carbocycles. The van der Waals surface area contributed by atoms with E-state index in [9.17, 15) is 9.59 Å². The Hall–Kier alpha value is 0.562. The fraction of sp³-hybridized carbons (Fsp3) is 0. The average molecular weight is 309 g/mol. The third-order valence-electron chi connectivity index (χ3n) is 1.03. The predicted octanol–water partition coefficient (Wildman–Crippen LogP) is 0.493. The van der Waals surface area contributed by atoms with Crippen LogP contribution in [0.1, 0.15) is 19.3 Å². The minimum absolute atomic E-state index is 0. The van der Waals surface area contributed by atoms with Crippen molar-refractivity contribution < 1.29 is 47.1 Å². The molecule has 2 N–H and O–H groups in total. The molecular formula is C6H5CdNaO4S. The average Bonchev–Trinajstić information content (AvgIpc) is 2.33. The van der Waals surface area contributed by atoms with Gasteiger partial charge in [-0.15, -0.1) is 11.3 Å². The van der Waals surface area contributed by atoms with Crippen LogP contribution in [0, 0.1) is 0 Å². The number of carboxylic acids is 2. The van der Waals surface area contributed by atoms with Gasteiger partial charge < -0.3 is 10.2 Å². The summed E-state index contributed by atoms with van der Waals surface area (Å²) in [5, 5.41) is 16.8. The standard InChI is InChI=1S/C6H4O4S.Cd.Na.H/c7-5(8)3-1-2-4(11-3)6(9)10;;;/h1-2H,(H,7,8)(H,9,10);;;. The van der Waals surface area contributed by atoms with E-state index in [0.717, 1.165) is 11.3 Å². The molecule has 0 fully saturated rings. The van der Waals surface area contributed by atoms with E-state index in [-0.39, 0.29) is 66.6 Å². The molecule has 0 aliphatic heterocycles. The van der Waals surface area contributed by atoms with Gasteiger partial charge in [-0.2, -0.15) is 0 Å². The molecule has 0 atom stereocenters. The molecule has 0 saturated heterocycles. The normalized spacial score (nSPS) is 8.00. The van der Waals surface area contributed by atoms with E-state index >= 15 is 0 Å². The van der Waals surface area contributed by atoms with Gasteiger partial charge in [0.15, 0.2) is 0 Å². The van der Waals surface area contributed by atoms with Crippen molar-refractivity contribution in [2.45, 2.75) is 0 Å². The first kappa shape index (κ1) is 16.0. The Morgan fingerprint density at radius 2 is 1.38 bits per heavy atom. The summed E-state index contributed by atoms with van der Waals surface area (Å²) in [5.41, 5.74) is 0. The topological polar surface area (TPSA) is 74.6 Å². The Bertz CT molecular complexity index is 283. The number of rotatable bonds is 2. The van der Waals surface area contributed by atoms with E-state index in [1.807, 2.05) is 0 Å². The Kier molecular flexibility index (Phi) is 8.54. The van der Waals surface area contributed by atoms with E-state index in [0.29, 0.717) is 0 Å². The van der Waals surface area contributed by atoms with Crippen LogP contribution in [0.3, 0.4) is 0 Å². The van der Waals surface area contributed by atoms with E-state index in [2.05, 4.69) is 0 Å². The molecule has 1 aromatic rings. The first-order valence-corrected chi connectivity index (χ1v) is 3.49. The zero-order chi connectivity index (χ0) is 8.43. The first-order valence-electron chi connectivity index (χ1n) is 2.67. The van der Waals surface area contributed by atoms with Crippen molar-refractivity contribution in [1.82, 2.24) is 0 Å². The second kappa shape index (κ2) is 6.93. The van der Waals surface area contributed by atoms with Crippen LogP contribution in [0.5, 0.6) is 0 Å². The van der Waals surface area contributed by atoms with E-state index in [1.54, 1.807) is 0 Å². The third kappa shape index (κ3) is 4.54. The summed E-state index contributed by atoms with van der Waals surface area (Å²) in [6.45, 7) is 0. The molecule has 1 aromatic heterocycles. The molecule has 0 amide bonds. The van der Waals surface area contributed by atoms with Crippen molar-refractivity contribution in [2.24, 2.45) is 0 Å². The Balaban J connectivity index is 0. The van der Waals surface area contributed by atoms with Crippen LogP contribution in [0.2, 0.25) is 0 Å². The number of carbonyl (C=O) groups is 2. The molecule has 0 radical (unpaired) electrons. The Morgan fingerprint density at radius 1 is 1.08 bits per heavy atom. The molecule has 0 aliphatic carbocycles. The van der Waals surface area contributed by atoms with Gasteiger partial charge in [-0.3, -0.25) is 0 Å². The van der Waals surface area contributed by atoms with Gasteiger partial charge in [0.25, 0.3) is 0 Å². The van der Waals surface area contributed by atoms with Gasteiger partial charge in [-0.25, -0.2) is 9.59 Å². The zero-order valence-electron chi connectivity index (χ0n) is 5.98. The van der Waals surface area contributed by atoms with Crippen LogP contribution in [0.25, 0.3) is 0 Å². The maximum atomic E-state index is 10.3. The number of hydrogen-bond acceptors (Lipinski definition) is 3. The van der Waals surface area contributed by atoms with Gasteiger partial charge in [0.05, 0.1) is 0 Å². The van der Waals surface area contributed by atoms with Crippen molar-refractivity contribution >= 4 is 52.8 Å². The van der Waals surface area contributed by atoms with Gasteiger partial charge in [-0.1, -0.05) is 0 Å². The Labute approximate surface area is 120 Å². The molecule has 0 saturated carbocycles. The van der Waals surface area contributed by atoms with Crippen molar-refractivity contribution in [3.05, 3.63) is 21.9 Å². The predicted molar refractivity (Wildman–Crippen MR) is 45.4 cm³/mol. The molecule has 1 heterocycles. The van der Waals surface area contributed by atoms with Crippen molar-refractivity contribution in [2.75, 3.05) is 0 Å². The monoisotopic (exact) mass is 310 g/mol. The van der Waals surface area contributed by atoms with E-state index in [4.69, 9.17) is 10.2 Å². The van der Waals surface area contributed by atoms with Gasteiger partial charge in [-0.05, 0) is 12.1 Å². The van der Waals surface area contributed by atoms with Crippen LogP contribution in [-0.2, 0) is 27.3 Å². The number of aromatic carboxylic acids is 2. The number of hydrogen-bond donors (Lipinski definition) is 2. The molecule has 62 valence electrons. The second-order valence-electron chi connectivity index (χ2n) is 1.77. The van der Waals surface area contributed by atoms with Crippen LogP contribution in [0.4, 0.5) is 0 Å². The summed E-state index contributed by atoms with van der Waals surface area (Å²) in [5.74, 6) is -2.19. The molecule has 4 nitrogen and oxygen atoms in total. The molecule has 0 unspecified atom stereocenters. The molecule has 0 spiro atoms. The summed E-state index contributed by atoms with van der Waals surface area (Å²) in [6, 6.07) is 2.55. The molecule has 1 rings (SSSR count). The summed E-state index contributed by atoms with van der Waals surface area (Å²) < 4.78 is 0. The molecule has 0 bridgehead atoms. The summed E-state index contributed by atoms with van der Waals surface area (Å²) in [4.78, 5) is 20.6. The SMILES string of the molecule is O=C(O)c1ccc(C(=O)O)s1.[Cd].[NaH]. The van der Waals surface area contributed by atoms with Crippen molar-refractivity contribution in [3.63, 3.8) is 0 Å². The maximum absolute atomic E-state index is 10.3. The number of thiophene rings is 1. The van der Waals surface area contributed by atoms with Crippen LogP contribution < -0.4 is 0 Å².